The molecule has 0 aliphatic carbocycles. The van der Waals surface area contributed by atoms with Gasteiger partial charge in [0.15, 0.2) is 6.61 Å². The van der Waals surface area contributed by atoms with Crippen molar-refractivity contribution in [1.82, 2.24) is 5.32 Å². The van der Waals surface area contributed by atoms with E-state index >= 15 is 0 Å². The minimum absolute atomic E-state index is 0.0352. The lowest BCUT2D eigenvalue weighted by Crippen LogP contribution is -2.31. The van der Waals surface area contributed by atoms with Crippen LogP contribution in [0.1, 0.15) is 29.7 Å². The molecule has 1 amide bonds. The zero-order chi connectivity index (χ0) is 18.6. The Hall–Kier alpha value is -2.38. The van der Waals surface area contributed by atoms with E-state index < -0.39 is 10.0 Å². The van der Waals surface area contributed by atoms with Gasteiger partial charge in [-0.05, 0) is 55.7 Å². The molecule has 0 saturated heterocycles. The largest absolute Gasteiger partial charge is 0.483 e. The summed E-state index contributed by atoms with van der Waals surface area (Å²) in [6.45, 7) is 5.59. The van der Waals surface area contributed by atoms with Crippen LogP contribution in [0, 0.1) is 13.8 Å². The number of nitrogens with one attached hydrogen (secondary N) is 1. The second kappa shape index (κ2) is 7.67. The van der Waals surface area contributed by atoms with E-state index in [0.29, 0.717) is 5.75 Å². The highest BCUT2D eigenvalue weighted by molar-refractivity contribution is 7.89. The van der Waals surface area contributed by atoms with Crippen molar-refractivity contribution in [2.45, 2.75) is 31.7 Å². The normalized spacial score (nSPS) is 12.5. The molecule has 7 heteroatoms. The van der Waals surface area contributed by atoms with E-state index in [-0.39, 0.29) is 23.5 Å². The Morgan fingerprint density at radius 1 is 1.16 bits per heavy atom. The van der Waals surface area contributed by atoms with Crippen molar-refractivity contribution in [1.29, 1.82) is 0 Å². The fourth-order valence-corrected chi connectivity index (χ4v) is 2.83. The minimum Gasteiger partial charge on any atom is -0.483 e. The van der Waals surface area contributed by atoms with E-state index in [1.807, 2.05) is 39.0 Å². The van der Waals surface area contributed by atoms with Gasteiger partial charge in [-0.1, -0.05) is 24.3 Å². The van der Waals surface area contributed by atoms with Crippen molar-refractivity contribution in [2.75, 3.05) is 6.61 Å². The number of rotatable bonds is 6. The van der Waals surface area contributed by atoms with Crippen molar-refractivity contribution in [3.63, 3.8) is 0 Å². The third kappa shape index (κ3) is 5.30. The molecule has 0 aromatic heterocycles. The van der Waals surface area contributed by atoms with Gasteiger partial charge in [0.25, 0.3) is 5.91 Å². The summed E-state index contributed by atoms with van der Waals surface area (Å²) in [5, 5.41) is 7.88. The standard InChI is InChI=1S/C18H22N2O4S/c1-12-4-5-13(2)17(10-12)24-11-18(21)20-14(3)15-6-8-16(9-7-15)25(19,22)23/h4-10,14H,11H2,1-3H3,(H,20,21)(H2,19,22,23)/t14-/m0/s1. The van der Waals surface area contributed by atoms with E-state index in [2.05, 4.69) is 5.32 Å². The number of carbonyl (C=O) groups excluding carboxylic acids is 1. The Morgan fingerprint density at radius 2 is 1.80 bits per heavy atom. The first-order valence-corrected chi connectivity index (χ1v) is 9.33. The summed E-state index contributed by atoms with van der Waals surface area (Å²) < 4.78 is 28.1. The maximum atomic E-state index is 12.1. The molecule has 2 aromatic rings. The number of amides is 1. The van der Waals surface area contributed by atoms with Gasteiger partial charge in [0, 0.05) is 0 Å². The molecule has 2 rings (SSSR count). The lowest BCUT2D eigenvalue weighted by atomic mass is 10.1. The van der Waals surface area contributed by atoms with E-state index in [9.17, 15) is 13.2 Å². The molecule has 2 aromatic carbocycles. The van der Waals surface area contributed by atoms with Crippen molar-refractivity contribution < 1.29 is 17.9 Å². The lowest BCUT2D eigenvalue weighted by molar-refractivity contribution is -0.123. The molecule has 0 radical (unpaired) electrons. The van der Waals surface area contributed by atoms with Crippen LogP contribution in [0.25, 0.3) is 0 Å². The number of carbonyl (C=O) groups is 1. The molecule has 25 heavy (non-hydrogen) atoms. The molecule has 0 fully saturated rings. The van der Waals surface area contributed by atoms with Gasteiger partial charge in [-0.25, -0.2) is 13.6 Å². The number of nitrogens with two attached hydrogens (primary N) is 1. The maximum Gasteiger partial charge on any atom is 0.258 e. The van der Waals surface area contributed by atoms with Crippen LogP contribution in [0.4, 0.5) is 0 Å². The molecule has 1 atom stereocenters. The number of benzene rings is 2. The minimum atomic E-state index is -3.72. The van der Waals surface area contributed by atoms with E-state index in [4.69, 9.17) is 9.88 Å². The summed E-state index contributed by atoms with van der Waals surface area (Å²) in [5.41, 5.74) is 2.79. The first kappa shape index (κ1) is 19.0. The van der Waals surface area contributed by atoms with Crippen LogP contribution in [-0.2, 0) is 14.8 Å². The SMILES string of the molecule is Cc1ccc(C)c(OCC(=O)N[C@@H](C)c2ccc(S(N)(=O)=O)cc2)c1. The van der Waals surface area contributed by atoms with Crippen LogP contribution in [0.3, 0.4) is 0 Å². The van der Waals surface area contributed by atoms with E-state index in [0.717, 1.165) is 16.7 Å². The van der Waals surface area contributed by atoms with Crippen LogP contribution in [-0.4, -0.2) is 20.9 Å². The molecular weight excluding hydrogens is 340 g/mol. The molecule has 0 unspecified atom stereocenters. The number of sulfonamides is 1. The molecule has 6 nitrogen and oxygen atoms in total. The quantitative estimate of drug-likeness (QED) is 0.823. The Morgan fingerprint density at radius 3 is 2.40 bits per heavy atom. The van der Waals surface area contributed by atoms with Crippen molar-refractivity contribution >= 4 is 15.9 Å². The predicted molar refractivity (Wildman–Crippen MR) is 95.8 cm³/mol. The first-order chi connectivity index (χ1) is 11.7. The van der Waals surface area contributed by atoms with Gasteiger partial charge in [0.2, 0.25) is 10.0 Å². The van der Waals surface area contributed by atoms with Gasteiger partial charge in [0.1, 0.15) is 5.75 Å². The average Bonchev–Trinajstić information content (AvgIpc) is 2.55. The Labute approximate surface area is 148 Å². The number of primary sulfonamides is 1. The van der Waals surface area contributed by atoms with Crippen LogP contribution in [0.5, 0.6) is 5.75 Å². The Bertz CT molecular complexity index is 861. The summed E-state index contributed by atoms with van der Waals surface area (Å²) in [6.07, 6.45) is 0. The molecule has 0 spiro atoms. The molecule has 0 saturated carbocycles. The fraction of sp³-hybridized carbons (Fsp3) is 0.278. The Balaban J connectivity index is 1.94. The van der Waals surface area contributed by atoms with Crippen LogP contribution in [0.2, 0.25) is 0 Å². The molecule has 0 aliphatic heterocycles. The van der Waals surface area contributed by atoms with Gasteiger partial charge >= 0.3 is 0 Å². The summed E-state index contributed by atoms with van der Waals surface area (Å²) in [4.78, 5) is 12.1. The van der Waals surface area contributed by atoms with Gasteiger partial charge < -0.3 is 10.1 Å². The number of ether oxygens (including phenoxy) is 1. The average molecular weight is 362 g/mol. The van der Waals surface area contributed by atoms with Gasteiger partial charge in [-0.2, -0.15) is 0 Å². The number of hydrogen-bond acceptors (Lipinski definition) is 4. The zero-order valence-corrected chi connectivity index (χ0v) is 15.3. The molecule has 0 bridgehead atoms. The number of hydrogen-bond donors (Lipinski definition) is 2. The van der Waals surface area contributed by atoms with Crippen LogP contribution < -0.4 is 15.2 Å². The van der Waals surface area contributed by atoms with Crippen LogP contribution in [0.15, 0.2) is 47.4 Å². The smallest absolute Gasteiger partial charge is 0.258 e. The Kier molecular flexibility index (Phi) is 5.81. The zero-order valence-electron chi connectivity index (χ0n) is 14.4. The summed E-state index contributed by atoms with van der Waals surface area (Å²) in [6, 6.07) is 11.6. The highest BCUT2D eigenvalue weighted by Gasteiger charge is 2.13. The highest BCUT2D eigenvalue weighted by atomic mass is 32.2. The monoisotopic (exact) mass is 362 g/mol. The third-order valence-electron chi connectivity index (χ3n) is 3.79. The van der Waals surface area contributed by atoms with Crippen LogP contribution >= 0.6 is 0 Å². The van der Waals surface area contributed by atoms with Crippen molar-refractivity contribution in [3.05, 3.63) is 59.2 Å². The van der Waals surface area contributed by atoms with E-state index in [1.165, 1.54) is 12.1 Å². The molecule has 0 heterocycles. The number of aryl methyl sites for hydroxylation is 2. The lowest BCUT2D eigenvalue weighted by Gasteiger charge is -2.16. The molecule has 134 valence electrons. The second-order valence-corrected chi connectivity index (χ2v) is 7.52. The predicted octanol–water partition coefficient (Wildman–Crippen LogP) is 2.21. The molecule has 3 N–H and O–H groups in total. The third-order valence-corrected chi connectivity index (χ3v) is 4.72. The molecular formula is C18H22N2O4S. The maximum absolute atomic E-state index is 12.1. The fourth-order valence-electron chi connectivity index (χ4n) is 2.32. The topological polar surface area (TPSA) is 98.5 Å². The first-order valence-electron chi connectivity index (χ1n) is 7.79. The highest BCUT2D eigenvalue weighted by Crippen LogP contribution is 2.19. The van der Waals surface area contributed by atoms with Crippen molar-refractivity contribution in [2.24, 2.45) is 5.14 Å². The van der Waals surface area contributed by atoms with Gasteiger partial charge in [0.05, 0.1) is 10.9 Å². The van der Waals surface area contributed by atoms with Gasteiger partial charge in [-0.3, -0.25) is 4.79 Å². The summed E-state index contributed by atoms with van der Waals surface area (Å²) in [5.74, 6) is 0.421. The second-order valence-electron chi connectivity index (χ2n) is 5.96. The molecule has 0 aliphatic rings. The summed E-state index contributed by atoms with van der Waals surface area (Å²) in [7, 11) is -3.72. The van der Waals surface area contributed by atoms with E-state index in [1.54, 1.807) is 12.1 Å². The van der Waals surface area contributed by atoms with Gasteiger partial charge in [-0.15, -0.1) is 0 Å². The summed E-state index contributed by atoms with van der Waals surface area (Å²) >= 11 is 0. The van der Waals surface area contributed by atoms with Crippen molar-refractivity contribution in [3.8, 4) is 5.75 Å².